The first-order valence-electron chi connectivity index (χ1n) is 7.91. The van der Waals surface area contributed by atoms with Gasteiger partial charge in [0.25, 0.3) is 0 Å². The van der Waals surface area contributed by atoms with E-state index in [2.05, 4.69) is 19.9 Å². The van der Waals surface area contributed by atoms with E-state index in [1.165, 1.54) is 0 Å². The minimum absolute atomic E-state index is 0.178. The molecule has 0 saturated carbocycles. The second-order valence-electron chi connectivity index (χ2n) is 6.41. The van der Waals surface area contributed by atoms with Crippen molar-refractivity contribution in [1.82, 2.24) is 9.80 Å². The van der Waals surface area contributed by atoms with Crippen molar-refractivity contribution in [2.45, 2.75) is 32.0 Å². The summed E-state index contributed by atoms with van der Waals surface area (Å²) in [6.45, 7) is 4.15. The molecule has 134 valence electrons. The molecule has 0 N–H and O–H groups in total. The summed E-state index contributed by atoms with van der Waals surface area (Å²) in [6.07, 6.45) is -0.825. The average Bonchev–Trinajstić information content (AvgIpc) is 2.52. The molecule has 6 nitrogen and oxygen atoms in total. The zero-order valence-electron chi connectivity index (χ0n) is 16.0. The fraction of sp³-hybridized carbons (Fsp3) is 0.611. The Hall–Kier alpha value is -1.97. The Morgan fingerprint density at radius 2 is 1.42 bits per heavy atom. The lowest BCUT2D eigenvalue weighted by atomic mass is 10.0. The van der Waals surface area contributed by atoms with Gasteiger partial charge in [-0.1, -0.05) is 13.8 Å². The van der Waals surface area contributed by atoms with E-state index < -0.39 is 6.10 Å². The number of benzene rings is 1. The van der Waals surface area contributed by atoms with Crippen LogP contribution >= 0.6 is 0 Å². The van der Waals surface area contributed by atoms with E-state index in [9.17, 15) is 5.26 Å². The number of nitriles is 1. The Labute approximate surface area is 145 Å². The third kappa shape index (κ3) is 4.53. The van der Waals surface area contributed by atoms with Crippen molar-refractivity contribution < 1.29 is 14.2 Å². The van der Waals surface area contributed by atoms with Crippen LogP contribution in [-0.4, -0.2) is 64.5 Å². The molecule has 1 unspecified atom stereocenters. The lowest BCUT2D eigenvalue weighted by Gasteiger charge is -2.34. The van der Waals surface area contributed by atoms with E-state index in [0.29, 0.717) is 17.2 Å². The Morgan fingerprint density at radius 1 is 0.917 bits per heavy atom. The molecule has 0 amide bonds. The first-order chi connectivity index (χ1) is 11.3. The summed E-state index contributed by atoms with van der Waals surface area (Å²) in [6, 6.07) is 5.97. The molecule has 0 aliphatic carbocycles. The summed E-state index contributed by atoms with van der Waals surface area (Å²) in [4.78, 5) is 3.92. The van der Waals surface area contributed by atoms with Crippen LogP contribution in [0.1, 0.15) is 25.3 Å². The van der Waals surface area contributed by atoms with Crippen LogP contribution in [0.2, 0.25) is 0 Å². The number of likely N-dealkylation sites (N-methyl/N-ethyl adjacent to an activating group) is 2. The largest absolute Gasteiger partial charge is 0.493 e. The van der Waals surface area contributed by atoms with Crippen molar-refractivity contribution in [3.8, 4) is 23.3 Å². The van der Waals surface area contributed by atoms with E-state index in [-0.39, 0.29) is 12.1 Å². The summed E-state index contributed by atoms with van der Waals surface area (Å²) in [5, 5.41) is 9.63. The monoisotopic (exact) mass is 335 g/mol. The smallest absolute Gasteiger partial charge is 0.212 e. The van der Waals surface area contributed by atoms with E-state index in [0.717, 1.165) is 5.56 Å². The number of rotatable bonds is 8. The zero-order valence-corrected chi connectivity index (χ0v) is 16.0. The van der Waals surface area contributed by atoms with Crippen LogP contribution in [0.4, 0.5) is 0 Å². The van der Waals surface area contributed by atoms with Gasteiger partial charge in [0.2, 0.25) is 6.10 Å². The number of hydrogen-bond donors (Lipinski definition) is 0. The average molecular weight is 335 g/mol. The van der Waals surface area contributed by atoms with E-state index in [1.54, 1.807) is 20.3 Å². The molecule has 0 aliphatic heterocycles. The van der Waals surface area contributed by atoms with Crippen molar-refractivity contribution in [3.63, 3.8) is 0 Å². The van der Waals surface area contributed by atoms with Crippen LogP contribution in [0.25, 0.3) is 0 Å². The van der Waals surface area contributed by atoms with Gasteiger partial charge in [0.15, 0.2) is 11.5 Å². The Balaban J connectivity index is 3.31. The topological polar surface area (TPSA) is 58.0 Å². The van der Waals surface area contributed by atoms with Crippen LogP contribution in [0.5, 0.6) is 17.2 Å². The fourth-order valence-electron chi connectivity index (χ4n) is 2.72. The van der Waals surface area contributed by atoms with E-state index in [4.69, 9.17) is 14.2 Å². The zero-order chi connectivity index (χ0) is 18.4. The molecule has 0 spiro atoms. The standard InChI is InChI=1S/C18H29N3O3/c1-12(2)13-9-15(22-7)16(23-8)10-14(13)24-17(11-19)18(20(3)4)21(5)6/h9-10,12,17-18H,1-8H3. The molecule has 0 fully saturated rings. The third-order valence-corrected chi connectivity index (χ3v) is 3.85. The lowest BCUT2D eigenvalue weighted by molar-refractivity contribution is 0.0401. The maximum absolute atomic E-state index is 9.63. The quantitative estimate of drug-likeness (QED) is 0.681. The van der Waals surface area contributed by atoms with E-state index in [1.807, 2.05) is 44.1 Å². The van der Waals surface area contributed by atoms with Crippen LogP contribution in [0.15, 0.2) is 12.1 Å². The highest BCUT2D eigenvalue weighted by atomic mass is 16.5. The molecule has 0 saturated heterocycles. The highest BCUT2D eigenvalue weighted by molar-refractivity contribution is 5.52. The minimum atomic E-state index is -0.648. The van der Waals surface area contributed by atoms with E-state index >= 15 is 0 Å². The van der Waals surface area contributed by atoms with Gasteiger partial charge in [-0.15, -0.1) is 0 Å². The predicted molar refractivity (Wildman–Crippen MR) is 94.8 cm³/mol. The molecular weight excluding hydrogens is 306 g/mol. The molecule has 1 aromatic rings. The molecule has 0 aliphatic rings. The molecule has 24 heavy (non-hydrogen) atoms. The lowest BCUT2D eigenvalue weighted by Crippen LogP contribution is -2.50. The Bertz CT molecular complexity index is 572. The highest BCUT2D eigenvalue weighted by Crippen LogP contribution is 2.38. The van der Waals surface area contributed by atoms with Gasteiger partial charge in [-0.3, -0.25) is 9.80 Å². The summed E-state index contributed by atoms with van der Waals surface area (Å²) in [7, 11) is 10.9. The second-order valence-corrected chi connectivity index (χ2v) is 6.41. The normalized spacial score (nSPS) is 12.6. The molecular formula is C18H29N3O3. The summed E-state index contributed by atoms with van der Waals surface area (Å²) in [5.74, 6) is 2.10. The number of nitrogens with zero attached hydrogens (tertiary/aromatic N) is 3. The molecule has 0 bridgehead atoms. The van der Waals surface area contributed by atoms with Crippen LogP contribution < -0.4 is 14.2 Å². The maximum Gasteiger partial charge on any atom is 0.212 e. The van der Waals surface area contributed by atoms with Crippen LogP contribution in [0.3, 0.4) is 0 Å². The van der Waals surface area contributed by atoms with Gasteiger partial charge in [-0.25, -0.2) is 0 Å². The van der Waals surface area contributed by atoms with Crippen molar-refractivity contribution in [2.24, 2.45) is 0 Å². The molecule has 1 rings (SSSR count). The first-order valence-corrected chi connectivity index (χ1v) is 7.91. The third-order valence-electron chi connectivity index (χ3n) is 3.85. The van der Waals surface area contributed by atoms with Gasteiger partial charge in [-0.2, -0.15) is 5.26 Å². The van der Waals surface area contributed by atoms with Crippen LogP contribution in [-0.2, 0) is 0 Å². The molecule has 0 aromatic heterocycles. The van der Waals surface area contributed by atoms with Crippen molar-refractivity contribution in [3.05, 3.63) is 17.7 Å². The molecule has 6 heteroatoms. The number of hydrogen-bond acceptors (Lipinski definition) is 6. The molecule has 1 atom stereocenters. The number of ether oxygens (including phenoxy) is 3. The Morgan fingerprint density at radius 3 is 1.79 bits per heavy atom. The van der Waals surface area contributed by atoms with Crippen LogP contribution in [0, 0.1) is 11.3 Å². The summed E-state index contributed by atoms with van der Waals surface area (Å²) >= 11 is 0. The Kier molecular flexibility index (Phi) is 7.33. The molecule has 1 aromatic carbocycles. The van der Waals surface area contributed by atoms with Gasteiger partial charge >= 0.3 is 0 Å². The SMILES string of the molecule is COc1cc(OC(C#N)C(N(C)C)N(C)C)c(C(C)C)cc1OC. The second kappa shape index (κ2) is 8.76. The van der Waals surface area contributed by atoms with Gasteiger partial charge in [0.1, 0.15) is 18.0 Å². The summed E-state index contributed by atoms with van der Waals surface area (Å²) < 4.78 is 16.9. The van der Waals surface area contributed by atoms with Gasteiger partial charge in [0, 0.05) is 11.6 Å². The minimum Gasteiger partial charge on any atom is -0.493 e. The summed E-state index contributed by atoms with van der Waals surface area (Å²) in [5.41, 5.74) is 0.976. The van der Waals surface area contributed by atoms with Crippen molar-refractivity contribution in [2.75, 3.05) is 42.4 Å². The molecule has 0 heterocycles. The maximum atomic E-state index is 9.63. The fourth-order valence-corrected chi connectivity index (χ4v) is 2.72. The van der Waals surface area contributed by atoms with Crippen molar-refractivity contribution in [1.29, 1.82) is 5.26 Å². The predicted octanol–water partition coefficient (Wildman–Crippen LogP) is 2.55. The first kappa shape index (κ1) is 20.1. The highest BCUT2D eigenvalue weighted by Gasteiger charge is 2.29. The number of methoxy groups -OCH3 is 2. The van der Waals surface area contributed by atoms with Gasteiger partial charge < -0.3 is 14.2 Å². The van der Waals surface area contributed by atoms with Gasteiger partial charge in [-0.05, 0) is 40.2 Å². The van der Waals surface area contributed by atoms with Gasteiger partial charge in [0.05, 0.1) is 14.2 Å². The van der Waals surface area contributed by atoms with Crippen molar-refractivity contribution >= 4 is 0 Å². The molecule has 0 radical (unpaired) electrons.